The lowest BCUT2D eigenvalue weighted by Gasteiger charge is -2.30. The van der Waals surface area contributed by atoms with E-state index < -0.39 is 46.6 Å². The number of esters is 1. The molecule has 43 heavy (non-hydrogen) atoms. The van der Waals surface area contributed by atoms with E-state index in [1.165, 1.54) is 53.1 Å². The van der Waals surface area contributed by atoms with Crippen LogP contribution >= 0.6 is 23.1 Å². The summed E-state index contributed by atoms with van der Waals surface area (Å²) in [5.41, 5.74) is 1.76. The molecule has 0 saturated carbocycles. The van der Waals surface area contributed by atoms with Crippen molar-refractivity contribution in [2.45, 2.75) is 29.7 Å². The first kappa shape index (κ1) is 28.6. The van der Waals surface area contributed by atoms with E-state index in [-0.39, 0.29) is 18.0 Å². The summed E-state index contributed by atoms with van der Waals surface area (Å²) in [5, 5.41) is 2.27. The van der Waals surface area contributed by atoms with Crippen LogP contribution in [0.1, 0.15) is 33.6 Å². The van der Waals surface area contributed by atoms with Crippen LogP contribution < -0.4 is 15.1 Å². The summed E-state index contributed by atoms with van der Waals surface area (Å²) in [5.74, 6) is -3.70. The maximum absolute atomic E-state index is 14.0. The summed E-state index contributed by atoms with van der Waals surface area (Å²) in [6.07, 6.45) is 0. The van der Waals surface area contributed by atoms with E-state index in [2.05, 4.69) is 5.32 Å². The predicted molar refractivity (Wildman–Crippen MR) is 160 cm³/mol. The summed E-state index contributed by atoms with van der Waals surface area (Å²) in [6, 6.07) is 20.5. The number of carbonyl (C=O) groups excluding carboxylic acids is 4. The first-order valence-corrected chi connectivity index (χ1v) is 15.1. The van der Waals surface area contributed by atoms with Crippen LogP contribution in [0.15, 0.2) is 88.7 Å². The molecule has 3 amide bonds. The van der Waals surface area contributed by atoms with Gasteiger partial charge in [0.2, 0.25) is 17.7 Å². The molecule has 2 aliphatic rings. The fourth-order valence-electron chi connectivity index (χ4n) is 5.37. The summed E-state index contributed by atoms with van der Waals surface area (Å²) >= 11 is 2.06. The van der Waals surface area contributed by atoms with Crippen LogP contribution in [0.2, 0.25) is 0 Å². The van der Waals surface area contributed by atoms with Crippen LogP contribution in [0.4, 0.5) is 15.8 Å². The highest BCUT2D eigenvalue weighted by Gasteiger charge is 2.56. The number of thioether (sulfide) groups is 1. The molecule has 0 spiro atoms. The van der Waals surface area contributed by atoms with Crippen molar-refractivity contribution < 1.29 is 28.3 Å². The molecule has 1 N–H and O–H groups in total. The third kappa shape index (κ3) is 5.28. The number of benzene rings is 3. The second kappa shape index (κ2) is 11.6. The average molecular weight is 618 g/mol. The topological polar surface area (TPSA) is 115 Å². The minimum atomic E-state index is -0.852. The molecule has 1 aromatic heterocycles. The summed E-state index contributed by atoms with van der Waals surface area (Å²) in [7, 11) is 0. The fourth-order valence-corrected chi connectivity index (χ4v) is 8.14. The van der Waals surface area contributed by atoms with Crippen LogP contribution in [-0.2, 0) is 25.7 Å². The van der Waals surface area contributed by atoms with Crippen molar-refractivity contribution in [1.29, 1.82) is 0 Å². The minimum Gasteiger partial charge on any atom is -0.462 e. The Kier molecular flexibility index (Phi) is 7.72. The van der Waals surface area contributed by atoms with Gasteiger partial charge in [0.05, 0.1) is 28.8 Å². The zero-order valence-corrected chi connectivity index (χ0v) is 24.3. The molecule has 0 unspecified atom stereocenters. The van der Waals surface area contributed by atoms with Crippen molar-refractivity contribution >= 4 is 58.2 Å². The van der Waals surface area contributed by atoms with Gasteiger partial charge in [0.25, 0.3) is 0 Å². The average Bonchev–Trinajstić information content (AvgIpc) is 3.45. The van der Waals surface area contributed by atoms with E-state index in [0.717, 1.165) is 33.6 Å². The van der Waals surface area contributed by atoms with Crippen LogP contribution in [0, 0.1) is 11.7 Å². The van der Waals surface area contributed by atoms with Crippen LogP contribution in [0.5, 0.6) is 0 Å². The zero-order chi connectivity index (χ0) is 30.2. The Bertz CT molecular complexity index is 1790. The molecule has 9 nitrogen and oxygen atoms in total. The van der Waals surface area contributed by atoms with E-state index in [4.69, 9.17) is 4.74 Å². The van der Waals surface area contributed by atoms with E-state index in [1.54, 1.807) is 6.92 Å². The molecule has 218 valence electrons. The number of fused-ring (bicyclic) bond motifs is 2. The first-order chi connectivity index (χ1) is 20.8. The molecule has 3 heterocycles. The highest BCUT2D eigenvalue weighted by Crippen LogP contribution is 2.53. The first-order valence-electron chi connectivity index (χ1n) is 13.4. The quantitative estimate of drug-likeness (QED) is 0.237. The van der Waals surface area contributed by atoms with Gasteiger partial charge >= 0.3 is 10.8 Å². The number of anilines is 2. The monoisotopic (exact) mass is 617 g/mol. The van der Waals surface area contributed by atoms with Crippen molar-refractivity contribution in [2.24, 2.45) is 5.92 Å². The Morgan fingerprint density at radius 3 is 2.30 bits per heavy atom. The molecule has 1 fully saturated rings. The van der Waals surface area contributed by atoms with E-state index in [9.17, 15) is 28.4 Å². The minimum absolute atomic E-state index is 0.217. The van der Waals surface area contributed by atoms with Crippen molar-refractivity contribution in [2.75, 3.05) is 16.8 Å². The number of amides is 3. The molecular formula is C31H24FN3O6S2. The Hall–Kier alpha value is -4.55. The second-order valence-electron chi connectivity index (χ2n) is 9.91. The highest BCUT2D eigenvalue weighted by molar-refractivity contribution is 8.00. The Labute approximate surface area is 253 Å². The number of nitrogens with one attached hydrogen (secondary N) is 1. The summed E-state index contributed by atoms with van der Waals surface area (Å²) in [4.78, 5) is 67.5. The highest BCUT2D eigenvalue weighted by atomic mass is 32.2. The van der Waals surface area contributed by atoms with Gasteiger partial charge in [-0.05, 0) is 61.0 Å². The van der Waals surface area contributed by atoms with Gasteiger partial charge in [-0.3, -0.25) is 23.7 Å². The molecule has 2 aliphatic heterocycles. The van der Waals surface area contributed by atoms with Gasteiger partial charge < -0.3 is 10.1 Å². The molecule has 3 atom stereocenters. The smallest absolute Gasteiger partial charge is 0.338 e. The van der Waals surface area contributed by atoms with Gasteiger partial charge in [-0.1, -0.05) is 53.4 Å². The third-order valence-corrected chi connectivity index (χ3v) is 9.88. The predicted octanol–water partition coefficient (Wildman–Crippen LogP) is 4.66. The number of ether oxygens (including phenoxy) is 1. The van der Waals surface area contributed by atoms with Crippen LogP contribution in [0.3, 0.4) is 0 Å². The van der Waals surface area contributed by atoms with E-state index in [1.807, 2.05) is 30.3 Å². The number of imide groups is 1. The number of carbonyl (C=O) groups is 4. The van der Waals surface area contributed by atoms with Gasteiger partial charge in [-0.25, -0.2) is 14.1 Å². The molecule has 4 aromatic rings. The van der Waals surface area contributed by atoms with Crippen molar-refractivity contribution in [3.05, 3.63) is 110 Å². The molecule has 0 radical (unpaired) electrons. The number of rotatable bonds is 7. The second-order valence-corrected chi connectivity index (χ2v) is 12.0. The molecule has 3 aromatic carbocycles. The van der Waals surface area contributed by atoms with Gasteiger partial charge in [0.1, 0.15) is 17.6 Å². The normalized spacial score (nSPS) is 19.1. The van der Waals surface area contributed by atoms with Crippen LogP contribution in [0.25, 0.3) is 0 Å². The Morgan fingerprint density at radius 2 is 1.63 bits per heavy atom. The number of thiazole rings is 1. The largest absolute Gasteiger partial charge is 0.462 e. The van der Waals surface area contributed by atoms with Crippen molar-refractivity contribution in [3.8, 4) is 0 Å². The summed E-state index contributed by atoms with van der Waals surface area (Å²) < 4.78 is 19.6. The number of nitrogens with zero attached hydrogens (tertiary/aromatic N) is 2. The molecular weight excluding hydrogens is 593 g/mol. The Balaban J connectivity index is 1.35. The molecule has 6 rings (SSSR count). The number of halogens is 1. The summed E-state index contributed by atoms with van der Waals surface area (Å²) in [6.45, 7) is 1.59. The Morgan fingerprint density at radius 1 is 0.930 bits per heavy atom. The van der Waals surface area contributed by atoms with Crippen LogP contribution in [-0.4, -0.2) is 40.1 Å². The van der Waals surface area contributed by atoms with Crippen molar-refractivity contribution in [1.82, 2.24) is 4.57 Å². The maximum Gasteiger partial charge on any atom is 0.338 e. The lowest BCUT2D eigenvalue weighted by atomic mass is 9.83. The van der Waals surface area contributed by atoms with Gasteiger partial charge in [-0.2, -0.15) is 0 Å². The zero-order valence-electron chi connectivity index (χ0n) is 22.7. The number of hydrogen-bond acceptors (Lipinski definition) is 8. The maximum atomic E-state index is 14.0. The lowest BCUT2D eigenvalue weighted by Crippen LogP contribution is -2.33. The van der Waals surface area contributed by atoms with E-state index >= 15 is 0 Å². The molecule has 0 aliphatic carbocycles. The number of aromatic nitrogens is 1. The van der Waals surface area contributed by atoms with Gasteiger partial charge in [-0.15, -0.1) is 0 Å². The molecule has 0 bridgehead atoms. The van der Waals surface area contributed by atoms with E-state index in [0.29, 0.717) is 26.8 Å². The lowest BCUT2D eigenvalue weighted by molar-refractivity contribution is -0.122. The van der Waals surface area contributed by atoms with Gasteiger partial charge in [0.15, 0.2) is 0 Å². The fraction of sp³-hybridized carbons (Fsp3) is 0.194. The molecule has 12 heteroatoms. The van der Waals surface area contributed by atoms with Gasteiger partial charge in [0, 0.05) is 16.5 Å². The third-order valence-electron chi connectivity index (χ3n) is 7.27. The van der Waals surface area contributed by atoms with Crippen molar-refractivity contribution in [3.63, 3.8) is 0 Å². The SMILES string of the molecule is CCOC(=O)c1ccc(N2C(=O)[C@@H]3[C@H](c4ccccc4)c4sc(=O)n(CC(=O)Nc5ccc(F)cc5)c4S[C@@H]3C2=O)cc1. The standard InChI is InChI=1S/C31H24FN3O6S2/c1-2-41-30(39)18-8-14-21(15-9-18)35-27(37)24-23(17-6-4-3-5-7-17)26-29(42-25(24)28(35)38)34(31(40)43-26)16-22(36)33-20-12-10-19(32)11-13-20/h3-15,23-25H,2,16H2,1H3,(H,33,36)/t23-,24+,25-/m0/s1. The number of hydrogen-bond donors (Lipinski definition) is 1. The molecule has 1 saturated heterocycles.